The maximum atomic E-state index is 12.0. The first-order chi connectivity index (χ1) is 9.35. The number of hydrogen-bond acceptors (Lipinski definition) is 4. The summed E-state index contributed by atoms with van der Waals surface area (Å²) in [5.41, 5.74) is 0.726. The molecule has 2 rings (SSSR count). The zero-order valence-electron chi connectivity index (χ0n) is 11.0. The summed E-state index contributed by atoms with van der Waals surface area (Å²) in [4.78, 5) is 13.4. The number of hydrogen-bond donors (Lipinski definition) is 1. The molecule has 0 bridgehead atoms. The number of amides is 1. The number of carbonyl (C=O) groups excluding carboxylic acids is 1. The molecule has 2 heterocycles. The van der Waals surface area contributed by atoms with Gasteiger partial charge in [-0.15, -0.1) is 0 Å². The van der Waals surface area contributed by atoms with Crippen LogP contribution in [0, 0.1) is 6.92 Å². The molecule has 1 N–H and O–H groups in total. The van der Waals surface area contributed by atoms with Crippen molar-refractivity contribution in [2.24, 2.45) is 0 Å². The lowest BCUT2D eigenvalue weighted by atomic mass is 10.1. The Hall–Kier alpha value is -1.57. The van der Waals surface area contributed by atoms with Gasteiger partial charge in [0.25, 0.3) is 0 Å². The Balaban J connectivity index is 1.90. The molecule has 112 valence electrons. The Bertz CT molecular complexity index is 473. The highest BCUT2D eigenvalue weighted by Gasteiger charge is 2.31. The van der Waals surface area contributed by atoms with Crippen molar-refractivity contribution >= 4 is 5.91 Å². The van der Waals surface area contributed by atoms with E-state index in [-0.39, 0.29) is 12.6 Å². The largest absolute Gasteiger partial charge is 0.405 e. The molecule has 1 unspecified atom stereocenters. The molecule has 20 heavy (non-hydrogen) atoms. The molecular formula is C12H16F3N3O2. The van der Waals surface area contributed by atoms with Gasteiger partial charge < -0.3 is 9.84 Å². The number of alkyl halides is 3. The Morgan fingerprint density at radius 1 is 1.60 bits per heavy atom. The molecule has 0 radical (unpaired) electrons. The van der Waals surface area contributed by atoms with Crippen molar-refractivity contribution in [3.05, 3.63) is 17.5 Å². The van der Waals surface area contributed by atoms with E-state index in [4.69, 9.17) is 4.52 Å². The lowest BCUT2D eigenvalue weighted by Gasteiger charge is -2.22. The van der Waals surface area contributed by atoms with Gasteiger partial charge in [0.1, 0.15) is 18.0 Å². The SMILES string of the molecule is Cc1cc(C2CCCN2CC(=O)NCC(F)(F)F)no1. The number of halogens is 3. The van der Waals surface area contributed by atoms with Crippen LogP contribution in [0.15, 0.2) is 10.6 Å². The summed E-state index contributed by atoms with van der Waals surface area (Å²) in [7, 11) is 0. The van der Waals surface area contributed by atoms with E-state index in [1.54, 1.807) is 13.0 Å². The summed E-state index contributed by atoms with van der Waals surface area (Å²) < 4.78 is 41.1. The van der Waals surface area contributed by atoms with E-state index >= 15 is 0 Å². The van der Waals surface area contributed by atoms with Crippen LogP contribution in [-0.4, -0.2) is 41.8 Å². The first kappa shape index (κ1) is 14.8. The van der Waals surface area contributed by atoms with Gasteiger partial charge >= 0.3 is 6.18 Å². The number of carbonyl (C=O) groups is 1. The van der Waals surface area contributed by atoms with E-state index in [0.717, 1.165) is 18.5 Å². The van der Waals surface area contributed by atoms with Crippen molar-refractivity contribution in [3.63, 3.8) is 0 Å². The first-order valence-electron chi connectivity index (χ1n) is 6.36. The highest BCUT2D eigenvalue weighted by atomic mass is 19.4. The lowest BCUT2D eigenvalue weighted by molar-refractivity contribution is -0.139. The van der Waals surface area contributed by atoms with Crippen molar-refractivity contribution in [3.8, 4) is 0 Å². The fourth-order valence-corrected chi connectivity index (χ4v) is 2.33. The van der Waals surface area contributed by atoms with Gasteiger partial charge in [0.2, 0.25) is 5.91 Å². The second-order valence-electron chi connectivity index (χ2n) is 4.88. The average molecular weight is 291 g/mol. The molecule has 0 aromatic carbocycles. The predicted molar refractivity (Wildman–Crippen MR) is 63.9 cm³/mol. The minimum atomic E-state index is -4.39. The summed E-state index contributed by atoms with van der Waals surface area (Å²) in [6.07, 6.45) is -2.69. The molecule has 0 saturated carbocycles. The van der Waals surface area contributed by atoms with Gasteiger partial charge in [-0.1, -0.05) is 5.16 Å². The predicted octanol–water partition coefficient (Wildman–Crippen LogP) is 1.80. The van der Waals surface area contributed by atoms with Crippen molar-refractivity contribution in [1.29, 1.82) is 0 Å². The molecule has 1 aliphatic heterocycles. The molecule has 1 atom stereocenters. The summed E-state index contributed by atoms with van der Waals surface area (Å²) in [5, 5.41) is 5.79. The molecule has 1 saturated heterocycles. The monoisotopic (exact) mass is 291 g/mol. The van der Waals surface area contributed by atoms with Crippen molar-refractivity contribution in [2.45, 2.75) is 32.0 Å². The number of aromatic nitrogens is 1. The van der Waals surface area contributed by atoms with Gasteiger partial charge in [0.05, 0.1) is 12.6 Å². The fourth-order valence-electron chi connectivity index (χ4n) is 2.33. The topological polar surface area (TPSA) is 58.4 Å². The third-order valence-electron chi connectivity index (χ3n) is 3.18. The molecule has 5 nitrogen and oxygen atoms in total. The van der Waals surface area contributed by atoms with Gasteiger partial charge in [-0.2, -0.15) is 13.2 Å². The van der Waals surface area contributed by atoms with Crippen molar-refractivity contribution < 1.29 is 22.5 Å². The summed E-state index contributed by atoms with van der Waals surface area (Å²) >= 11 is 0. The van der Waals surface area contributed by atoms with Crippen LogP contribution in [0.5, 0.6) is 0 Å². The zero-order valence-corrected chi connectivity index (χ0v) is 11.0. The summed E-state index contributed by atoms with van der Waals surface area (Å²) in [5.74, 6) is 0.0443. The molecule has 1 aromatic heterocycles. The van der Waals surface area contributed by atoms with E-state index in [9.17, 15) is 18.0 Å². The van der Waals surface area contributed by atoms with Crippen LogP contribution < -0.4 is 5.32 Å². The second-order valence-corrected chi connectivity index (χ2v) is 4.88. The van der Waals surface area contributed by atoms with E-state index in [2.05, 4.69) is 5.16 Å². The van der Waals surface area contributed by atoms with Crippen molar-refractivity contribution in [1.82, 2.24) is 15.4 Å². The van der Waals surface area contributed by atoms with Crippen LogP contribution in [-0.2, 0) is 4.79 Å². The molecule has 1 fully saturated rings. The van der Waals surface area contributed by atoms with Gasteiger partial charge in [0, 0.05) is 6.07 Å². The van der Waals surface area contributed by atoms with Crippen LogP contribution in [0.25, 0.3) is 0 Å². The third-order valence-corrected chi connectivity index (χ3v) is 3.18. The molecule has 0 aliphatic carbocycles. The van der Waals surface area contributed by atoms with Gasteiger partial charge in [-0.05, 0) is 26.3 Å². The number of nitrogens with one attached hydrogen (secondary N) is 1. The molecule has 1 amide bonds. The van der Waals surface area contributed by atoms with Gasteiger partial charge in [-0.3, -0.25) is 9.69 Å². The lowest BCUT2D eigenvalue weighted by Crippen LogP contribution is -2.40. The Kier molecular flexibility index (Phi) is 4.32. The Labute approximate surface area is 114 Å². The quantitative estimate of drug-likeness (QED) is 0.919. The fraction of sp³-hybridized carbons (Fsp3) is 0.667. The van der Waals surface area contributed by atoms with Crippen LogP contribution in [0.2, 0.25) is 0 Å². The molecule has 1 aliphatic rings. The highest BCUT2D eigenvalue weighted by molar-refractivity contribution is 5.78. The van der Waals surface area contributed by atoms with E-state index in [1.807, 2.05) is 10.2 Å². The number of nitrogens with zero attached hydrogens (tertiary/aromatic N) is 2. The van der Waals surface area contributed by atoms with Gasteiger partial charge in [-0.25, -0.2) is 0 Å². The van der Waals surface area contributed by atoms with Crippen molar-refractivity contribution in [2.75, 3.05) is 19.6 Å². The minimum absolute atomic E-state index is 0.0628. The van der Waals surface area contributed by atoms with Gasteiger partial charge in [0.15, 0.2) is 0 Å². The maximum absolute atomic E-state index is 12.0. The second kappa shape index (κ2) is 5.82. The third kappa shape index (κ3) is 3.96. The Morgan fingerprint density at radius 2 is 2.35 bits per heavy atom. The Morgan fingerprint density at radius 3 is 2.95 bits per heavy atom. The average Bonchev–Trinajstić information content (AvgIpc) is 2.94. The van der Waals surface area contributed by atoms with Crippen LogP contribution >= 0.6 is 0 Å². The zero-order chi connectivity index (χ0) is 14.8. The summed E-state index contributed by atoms with van der Waals surface area (Å²) in [6, 6.07) is 1.72. The number of aryl methyl sites for hydroxylation is 1. The molecular weight excluding hydrogens is 275 g/mol. The van der Waals surface area contributed by atoms with Crippen LogP contribution in [0.1, 0.15) is 30.3 Å². The standard InChI is InChI=1S/C12H16F3N3O2/c1-8-5-9(17-20-8)10-3-2-4-18(10)6-11(19)16-7-12(13,14)15/h5,10H,2-4,6-7H2,1H3,(H,16,19). The van der Waals surface area contributed by atoms with Crippen LogP contribution in [0.4, 0.5) is 13.2 Å². The normalized spacial score (nSPS) is 20.3. The van der Waals surface area contributed by atoms with Crippen LogP contribution in [0.3, 0.4) is 0 Å². The minimum Gasteiger partial charge on any atom is -0.361 e. The van der Waals surface area contributed by atoms with E-state index in [0.29, 0.717) is 12.3 Å². The molecule has 1 aromatic rings. The number of likely N-dealkylation sites (tertiary alicyclic amines) is 1. The van der Waals surface area contributed by atoms with E-state index < -0.39 is 18.6 Å². The summed E-state index contributed by atoms with van der Waals surface area (Å²) in [6.45, 7) is 1.07. The van der Waals surface area contributed by atoms with E-state index in [1.165, 1.54) is 0 Å². The molecule has 8 heteroatoms. The smallest absolute Gasteiger partial charge is 0.361 e. The number of rotatable bonds is 4. The maximum Gasteiger partial charge on any atom is 0.405 e. The highest BCUT2D eigenvalue weighted by Crippen LogP contribution is 2.30. The first-order valence-corrected chi connectivity index (χ1v) is 6.36. The molecule has 0 spiro atoms.